The van der Waals surface area contributed by atoms with Crippen LogP contribution in [0.2, 0.25) is 0 Å². The summed E-state index contributed by atoms with van der Waals surface area (Å²) in [5, 5.41) is 3.33. The van der Waals surface area contributed by atoms with E-state index in [1.54, 1.807) is 14.1 Å². The lowest BCUT2D eigenvalue weighted by atomic mass is 11.1. The van der Waals surface area contributed by atoms with Crippen LogP contribution in [0.5, 0.6) is 0 Å². The summed E-state index contributed by atoms with van der Waals surface area (Å²) >= 11 is 8.91. The van der Waals surface area contributed by atoms with Crippen LogP contribution in [0.25, 0.3) is 0 Å². The molecule has 0 heterocycles. The topological polar surface area (TPSA) is 100 Å². The normalized spacial score (nSPS) is 7.25. The molecule has 6 nitrogen and oxygen atoms in total. The van der Waals surface area contributed by atoms with Gasteiger partial charge in [0.25, 0.3) is 0 Å². The number of rotatable bonds is 1. The van der Waals surface area contributed by atoms with Crippen molar-refractivity contribution < 1.29 is 0 Å². The van der Waals surface area contributed by atoms with Crippen LogP contribution in [0.1, 0.15) is 0 Å². The molecule has 0 amide bonds. The van der Waals surface area contributed by atoms with E-state index in [1.165, 1.54) is 0 Å². The molecule has 8 N–H and O–H groups in total. The van der Waals surface area contributed by atoms with Gasteiger partial charge in [-0.3, -0.25) is 5.43 Å². The molecule has 72 valence electrons. The summed E-state index contributed by atoms with van der Waals surface area (Å²) in [5.74, 6) is 4.83. The Bertz CT molecular complexity index is 132. The Hall–Kier alpha value is -0.700. The molecule has 12 heavy (non-hydrogen) atoms. The Kier molecular flexibility index (Phi) is 11.9. The van der Waals surface area contributed by atoms with E-state index in [9.17, 15) is 0 Å². The van der Waals surface area contributed by atoms with Crippen LogP contribution in [0.3, 0.4) is 0 Å². The monoisotopic (exact) mass is 210 g/mol. The van der Waals surface area contributed by atoms with Crippen LogP contribution in [0, 0.1) is 0 Å². The maximum atomic E-state index is 4.96. The first kappa shape index (κ1) is 13.9. The van der Waals surface area contributed by atoms with Crippen LogP contribution in [-0.4, -0.2) is 24.3 Å². The maximum absolute atomic E-state index is 4.96. The molecule has 0 aliphatic heterocycles. The molecular formula is C4H14N6S2. The molecule has 0 saturated heterocycles. The molecule has 0 fully saturated rings. The molecule has 0 spiro atoms. The molecule has 0 aliphatic carbocycles. The van der Waals surface area contributed by atoms with Crippen molar-refractivity contribution in [3.05, 3.63) is 0 Å². The molecule has 0 aromatic rings. The van der Waals surface area contributed by atoms with Crippen molar-refractivity contribution in [1.29, 1.82) is 0 Å². The minimum absolute atomic E-state index is 0.262. The minimum atomic E-state index is 0.262. The van der Waals surface area contributed by atoms with Crippen molar-refractivity contribution in [3.8, 4) is 0 Å². The Balaban J connectivity index is 0. The van der Waals surface area contributed by atoms with E-state index in [0.717, 1.165) is 0 Å². The molecule has 0 bridgehead atoms. The zero-order chi connectivity index (χ0) is 9.98. The second-order valence-corrected chi connectivity index (χ2v) is 2.31. The predicted octanol–water partition coefficient (Wildman–Crippen LogP) is -2.09. The second kappa shape index (κ2) is 10.3. The van der Waals surface area contributed by atoms with Crippen LogP contribution < -0.4 is 33.2 Å². The van der Waals surface area contributed by atoms with Crippen molar-refractivity contribution in [3.63, 3.8) is 0 Å². The van der Waals surface area contributed by atoms with Gasteiger partial charge in [-0.2, -0.15) is 0 Å². The van der Waals surface area contributed by atoms with E-state index in [2.05, 4.69) is 46.0 Å². The quantitative estimate of drug-likeness (QED) is 0.166. The number of hydrogen-bond donors (Lipinski definition) is 6. The second-order valence-electron chi connectivity index (χ2n) is 1.46. The Labute approximate surface area is 82.4 Å². The molecule has 0 aromatic heterocycles. The van der Waals surface area contributed by atoms with Crippen molar-refractivity contribution in [2.24, 2.45) is 11.6 Å². The van der Waals surface area contributed by atoms with E-state index < -0.39 is 0 Å². The van der Waals surface area contributed by atoms with Gasteiger partial charge in [-0.15, -0.1) is 0 Å². The van der Waals surface area contributed by atoms with Gasteiger partial charge in [0.05, 0.1) is 0 Å². The predicted molar refractivity (Wildman–Crippen MR) is 58.0 cm³/mol. The minimum Gasteiger partial charge on any atom is -0.375 e. The molecule has 0 radical (unpaired) electrons. The van der Waals surface area contributed by atoms with Crippen molar-refractivity contribution in [2.75, 3.05) is 14.1 Å². The van der Waals surface area contributed by atoms with Gasteiger partial charge in [-0.05, 0) is 24.4 Å². The molecule has 0 aromatic carbocycles. The van der Waals surface area contributed by atoms with E-state index in [-0.39, 0.29) is 5.11 Å². The molecule has 0 unspecified atom stereocenters. The van der Waals surface area contributed by atoms with E-state index in [0.29, 0.717) is 5.11 Å². The molecule has 8 heteroatoms. The van der Waals surface area contributed by atoms with E-state index in [4.69, 9.17) is 11.6 Å². The van der Waals surface area contributed by atoms with Gasteiger partial charge in [0.2, 0.25) is 0 Å². The van der Waals surface area contributed by atoms with E-state index >= 15 is 0 Å². The number of hydrogen-bond acceptors (Lipinski definition) is 4. The van der Waals surface area contributed by atoms with Gasteiger partial charge in [0.15, 0.2) is 10.2 Å². The zero-order valence-corrected chi connectivity index (χ0v) is 8.60. The molecule has 0 saturated carbocycles. The molecule has 0 rings (SSSR count). The van der Waals surface area contributed by atoms with Gasteiger partial charge in [-0.1, -0.05) is 0 Å². The summed E-state index contributed by atoms with van der Waals surface area (Å²) < 4.78 is 0. The zero-order valence-electron chi connectivity index (χ0n) is 6.97. The smallest absolute Gasteiger partial charge is 0.180 e. The van der Waals surface area contributed by atoms with Crippen LogP contribution in [0.15, 0.2) is 0 Å². The first-order chi connectivity index (χ1) is 5.58. The summed E-state index contributed by atoms with van der Waals surface area (Å²) in [6.07, 6.45) is 0. The highest BCUT2D eigenvalue weighted by Gasteiger charge is 1.75. The van der Waals surface area contributed by atoms with E-state index in [1.807, 2.05) is 0 Å². The number of nitrogens with two attached hydrogens (primary N) is 2. The highest BCUT2D eigenvalue weighted by atomic mass is 32.1. The fourth-order valence-electron chi connectivity index (χ4n) is 0.195. The lowest BCUT2D eigenvalue weighted by Gasteiger charge is -1.95. The highest BCUT2D eigenvalue weighted by Crippen LogP contribution is 1.49. The van der Waals surface area contributed by atoms with Crippen molar-refractivity contribution in [2.45, 2.75) is 0 Å². The van der Waals surface area contributed by atoms with Gasteiger partial charge in [0.1, 0.15) is 0 Å². The summed E-state index contributed by atoms with van der Waals surface area (Å²) in [6.45, 7) is 0. The standard InChI is InChI=1S/2C2H7N3S/c1-4-2(6)5-3;1-4-5-2(3)6/h3H2,1H3,(H2,4,5,6);4H,1H3,(H3,3,5,6). The molecule has 0 aliphatic rings. The molecular weight excluding hydrogens is 196 g/mol. The Morgan fingerprint density at radius 3 is 1.75 bits per heavy atom. The number of hydrazine groups is 2. The Morgan fingerprint density at radius 2 is 1.75 bits per heavy atom. The van der Waals surface area contributed by atoms with Crippen molar-refractivity contribution >= 4 is 34.7 Å². The summed E-state index contributed by atoms with van der Waals surface area (Å²) in [4.78, 5) is 0. The van der Waals surface area contributed by atoms with Crippen LogP contribution in [-0.2, 0) is 0 Å². The molecule has 0 atom stereocenters. The maximum Gasteiger partial charge on any atom is 0.180 e. The average molecular weight is 210 g/mol. The fourth-order valence-corrected chi connectivity index (χ4v) is 0.297. The highest BCUT2D eigenvalue weighted by molar-refractivity contribution is 7.80. The Morgan fingerprint density at radius 1 is 1.25 bits per heavy atom. The lowest BCUT2D eigenvalue weighted by Crippen LogP contribution is -2.37. The first-order valence-electron chi connectivity index (χ1n) is 2.99. The number of thiocarbonyl (C=S) groups is 2. The first-order valence-corrected chi connectivity index (χ1v) is 3.80. The van der Waals surface area contributed by atoms with Gasteiger partial charge in [-0.25, -0.2) is 11.3 Å². The van der Waals surface area contributed by atoms with Gasteiger partial charge in [0, 0.05) is 14.1 Å². The summed E-state index contributed by atoms with van der Waals surface area (Å²) in [7, 11) is 3.39. The van der Waals surface area contributed by atoms with Crippen LogP contribution >= 0.6 is 24.4 Å². The third kappa shape index (κ3) is 16.1. The van der Waals surface area contributed by atoms with Gasteiger partial charge < -0.3 is 16.5 Å². The summed E-state index contributed by atoms with van der Waals surface area (Å²) in [6, 6.07) is 0. The SMILES string of the molecule is CNC(=S)NN.CNNC(N)=S. The lowest BCUT2D eigenvalue weighted by molar-refractivity contribution is 0.772. The third-order valence-corrected chi connectivity index (χ3v) is 1.03. The summed E-state index contributed by atoms with van der Waals surface area (Å²) in [5.41, 5.74) is 12.2. The number of nitrogens with one attached hydrogen (secondary N) is 4. The van der Waals surface area contributed by atoms with Crippen molar-refractivity contribution in [1.82, 2.24) is 21.6 Å². The largest absolute Gasteiger partial charge is 0.375 e. The average Bonchev–Trinajstić information content (AvgIpc) is 2.04. The van der Waals surface area contributed by atoms with Crippen LogP contribution in [0.4, 0.5) is 0 Å². The third-order valence-electron chi connectivity index (χ3n) is 0.606. The van der Waals surface area contributed by atoms with Gasteiger partial charge >= 0.3 is 0 Å². The fraction of sp³-hybridized carbons (Fsp3) is 0.500.